The van der Waals surface area contributed by atoms with Gasteiger partial charge in [0.05, 0.1) is 4.88 Å². The van der Waals surface area contributed by atoms with E-state index in [4.69, 9.17) is 4.52 Å². The number of halogens is 1. The molecule has 0 radical (unpaired) electrons. The predicted molar refractivity (Wildman–Crippen MR) is 83.7 cm³/mol. The highest BCUT2D eigenvalue weighted by Gasteiger charge is 2.17. The van der Waals surface area contributed by atoms with Crippen LogP contribution in [0.25, 0.3) is 21.1 Å². The van der Waals surface area contributed by atoms with Gasteiger partial charge in [-0.25, -0.2) is 4.39 Å². The number of rotatable bonds is 2. The number of anilines is 1. The monoisotopic (exact) mass is 312 g/mol. The van der Waals surface area contributed by atoms with Gasteiger partial charge >= 0.3 is 0 Å². The molecule has 0 saturated heterocycles. The third-order valence-corrected chi connectivity index (χ3v) is 4.44. The minimum atomic E-state index is -0.481. The number of thiophene rings is 1. The van der Waals surface area contributed by atoms with Gasteiger partial charge in [-0.2, -0.15) is 0 Å². The van der Waals surface area contributed by atoms with Crippen LogP contribution in [0.5, 0.6) is 0 Å². The van der Waals surface area contributed by atoms with Gasteiger partial charge in [0.1, 0.15) is 11.2 Å². The van der Waals surface area contributed by atoms with E-state index in [2.05, 4.69) is 10.5 Å². The second kappa shape index (κ2) is 4.92. The molecule has 6 heteroatoms. The Morgan fingerprint density at radius 3 is 2.91 bits per heavy atom. The smallest absolute Gasteiger partial charge is 0.267 e. The lowest BCUT2D eigenvalue weighted by Crippen LogP contribution is -2.10. The fourth-order valence-electron chi connectivity index (χ4n) is 2.30. The fourth-order valence-corrected chi connectivity index (χ4v) is 3.26. The van der Waals surface area contributed by atoms with E-state index in [1.165, 1.54) is 23.5 Å². The van der Waals surface area contributed by atoms with Gasteiger partial charge in [-0.15, -0.1) is 11.3 Å². The Morgan fingerprint density at radius 2 is 2.05 bits per heavy atom. The Morgan fingerprint density at radius 1 is 1.18 bits per heavy atom. The molecule has 22 heavy (non-hydrogen) atoms. The van der Waals surface area contributed by atoms with Crippen molar-refractivity contribution in [3.63, 3.8) is 0 Å². The van der Waals surface area contributed by atoms with E-state index >= 15 is 0 Å². The number of fused-ring (bicyclic) bond motifs is 2. The Labute approximate surface area is 128 Å². The van der Waals surface area contributed by atoms with Crippen molar-refractivity contribution >= 4 is 44.1 Å². The molecular formula is C16H9FN2O2S. The van der Waals surface area contributed by atoms with Gasteiger partial charge in [0.2, 0.25) is 0 Å². The average molecular weight is 312 g/mol. The van der Waals surface area contributed by atoms with Crippen LogP contribution in [0.4, 0.5) is 10.2 Å². The first-order chi connectivity index (χ1) is 10.7. The Bertz CT molecular complexity index is 973. The molecule has 108 valence electrons. The summed E-state index contributed by atoms with van der Waals surface area (Å²) in [6.07, 6.45) is 0. The molecule has 2 heterocycles. The first kappa shape index (κ1) is 13.0. The van der Waals surface area contributed by atoms with Gasteiger partial charge in [-0.3, -0.25) is 4.79 Å². The van der Waals surface area contributed by atoms with Crippen LogP contribution in [0.15, 0.2) is 53.1 Å². The van der Waals surface area contributed by atoms with E-state index < -0.39 is 5.82 Å². The third-order valence-electron chi connectivity index (χ3n) is 3.33. The summed E-state index contributed by atoms with van der Waals surface area (Å²) in [6, 6.07) is 13.9. The van der Waals surface area contributed by atoms with Crippen molar-refractivity contribution in [2.75, 3.05) is 5.32 Å². The van der Waals surface area contributed by atoms with Gasteiger partial charge in [0, 0.05) is 4.70 Å². The average Bonchev–Trinajstić information content (AvgIpc) is 3.12. The number of aromatic nitrogens is 1. The zero-order chi connectivity index (χ0) is 15.1. The van der Waals surface area contributed by atoms with Crippen molar-refractivity contribution in [3.05, 3.63) is 59.2 Å². The fraction of sp³-hybridized carbons (Fsp3) is 0. The summed E-state index contributed by atoms with van der Waals surface area (Å²) in [5, 5.41) is 7.51. The molecule has 0 fully saturated rings. The van der Waals surface area contributed by atoms with E-state index in [1.807, 2.05) is 24.3 Å². The van der Waals surface area contributed by atoms with Crippen molar-refractivity contribution in [2.45, 2.75) is 0 Å². The van der Waals surface area contributed by atoms with Gasteiger partial charge < -0.3 is 9.84 Å². The minimum Gasteiger partial charge on any atom is -0.354 e. The molecule has 2 aromatic heterocycles. The highest BCUT2D eigenvalue weighted by atomic mass is 32.1. The highest BCUT2D eigenvalue weighted by molar-refractivity contribution is 7.20. The van der Waals surface area contributed by atoms with Crippen molar-refractivity contribution in [1.82, 2.24) is 5.16 Å². The maximum atomic E-state index is 13.9. The molecule has 0 bridgehead atoms. The van der Waals surface area contributed by atoms with E-state index in [1.54, 1.807) is 12.1 Å². The van der Waals surface area contributed by atoms with Crippen LogP contribution in [-0.2, 0) is 0 Å². The third kappa shape index (κ3) is 2.05. The number of nitrogens with one attached hydrogen (secondary N) is 1. The lowest BCUT2D eigenvalue weighted by Gasteiger charge is -1.99. The summed E-state index contributed by atoms with van der Waals surface area (Å²) in [6.45, 7) is 0. The summed E-state index contributed by atoms with van der Waals surface area (Å²) in [5.41, 5.74) is 0.298. The van der Waals surface area contributed by atoms with Gasteiger partial charge in [-0.1, -0.05) is 29.4 Å². The van der Waals surface area contributed by atoms with Crippen molar-refractivity contribution in [1.29, 1.82) is 0 Å². The molecule has 0 spiro atoms. The summed E-state index contributed by atoms with van der Waals surface area (Å²) < 4.78 is 19.9. The molecular weight excluding hydrogens is 303 g/mol. The molecule has 0 aliphatic heterocycles. The Hall–Kier alpha value is -2.73. The number of amides is 1. The second-order valence-electron chi connectivity index (χ2n) is 4.75. The molecule has 4 rings (SSSR count). The van der Waals surface area contributed by atoms with Crippen molar-refractivity contribution in [2.24, 2.45) is 0 Å². The zero-order valence-corrected chi connectivity index (χ0v) is 12.0. The van der Waals surface area contributed by atoms with E-state index in [9.17, 15) is 9.18 Å². The Balaban J connectivity index is 1.71. The van der Waals surface area contributed by atoms with Crippen LogP contribution in [0, 0.1) is 5.82 Å². The Kier molecular flexibility index (Phi) is 2.90. The van der Waals surface area contributed by atoms with Gasteiger partial charge in [0.15, 0.2) is 11.4 Å². The van der Waals surface area contributed by atoms with E-state index in [-0.39, 0.29) is 17.1 Å². The molecule has 0 atom stereocenters. The predicted octanol–water partition coefficient (Wildman–Crippen LogP) is 4.43. The molecule has 4 nitrogen and oxygen atoms in total. The first-order valence-corrected chi connectivity index (χ1v) is 7.38. The number of carbonyl (C=O) groups is 1. The summed E-state index contributed by atoms with van der Waals surface area (Å²) in [5.74, 6) is -0.722. The molecule has 1 amide bonds. The highest BCUT2D eigenvalue weighted by Crippen LogP contribution is 2.28. The number of carbonyl (C=O) groups excluding carboxylic acids is 1. The van der Waals surface area contributed by atoms with Gasteiger partial charge in [-0.05, 0) is 29.7 Å². The van der Waals surface area contributed by atoms with Crippen LogP contribution < -0.4 is 5.32 Å². The maximum absolute atomic E-state index is 13.9. The molecule has 0 aliphatic rings. The molecule has 4 aromatic rings. The quantitative estimate of drug-likeness (QED) is 0.595. The van der Waals surface area contributed by atoms with Crippen LogP contribution >= 0.6 is 11.3 Å². The molecule has 0 aliphatic carbocycles. The van der Waals surface area contributed by atoms with Crippen LogP contribution in [0.1, 0.15) is 9.67 Å². The molecule has 1 N–H and O–H groups in total. The van der Waals surface area contributed by atoms with Crippen LogP contribution in [0.3, 0.4) is 0 Å². The number of nitrogens with zero attached hydrogens (tertiary/aromatic N) is 1. The van der Waals surface area contributed by atoms with E-state index in [0.29, 0.717) is 10.5 Å². The minimum absolute atomic E-state index is 0.0931. The largest absolute Gasteiger partial charge is 0.354 e. The topological polar surface area (TPSA) is 55.1 Å². The maximum Gasteiger partial charge on any atom is 0.267 e. The summed E-state index contributed by atoms with van der Waals surface area (Å²) >= 11 is 1.37. The number of benzene rings is 2. The lowest BCUT2D eigenvalue weighted by molar-refractivity contribution is 0.103. The molecule has 0 saturated carbocycles. The second-order valence-corrected chi connectivity index (χ2v) is 5.83. The van der Waals surface area contributed by atoms with Crippen molar-refractivity contribution in [3.8, 4) is 0 Å². The molecule has 0 unspecified atom stereocenters. The zero-order valence-electron chi connectivity index (χ0n) is 11.2. The summed E-state index contributed by atoms with van der Waals surface area (Å²) in [4.78, 5) is 12.9. The van der Waals surface area contributed by atoms with Crippen molar-refractivity contribution < 1.29 is 13.7 Å². The molecule has 2 aromatic carbocycles. The van der Waals surface area contributed by atoms with Crippen LogP contribution in [0.2, 0.25) is 0 Å². The van der Waals surface area contributed by atoms with E-state index in [0.717, 1.165) is 10.1 Å². The summed E-state index contributed by atoms with van der Waals surface area (Å²) in [7, 11) is 0. The number of hydrogen-bond acceptors (Lipinski definition) is 4. The standard InChI is InChI=1S/C16H9FN2O2S/c17-10-5-3-6-11-14(10)15(19-21-11)18-16(20)13-8-9-4-1-2-7-12(9)22-13/h1-8H,(H,18,19,20). The van der Waals surface area contributed by atoms with Gasteiger partial charge in [0.25, 0.3) is 5.91 Å². The normalized spacial score (nSPS) is 11.1. The lowest BCUT2D eigenvalue weighted by atomic mass is 10.2. The van der Waals surface area contributed by atoms with Crippen LogP contribution in [-0.4, -0.2) is 11.1 Å². The number of hydrogen-bond donors (Lipinski definition) is 1. The first-order valence-electron chi connectivity index (χ1n) is 6.56. The SMILES string of the molecule is O=C(Nc1noc2cccc(F)c12)c1cc2ccccc2s1.